The molecule has 0 N–H and O–H groups in total. The van der Waals surface area contributed by atoms with E-state index in [0.29, 0.717) is 5.92 Å². The Morgan fingerprint density at radius 3 is 2.36 bits per heavy atom. The van der Waals surface area contributed by atoms with E-state index in [1.807, 2.05) is 0 Å². The maximum Gasteiger partial charge on any atom is 0 e. The fourth-order valence-electron chi connectivity index (χ4n) is 1.74. The third-order valence-electron chi connectivity index (χ3n) is 2.65. The molecule has 1 rings (SSSR count). The third-order valence-corrected chi connectivity index (χ3v) is 2.65. The van der Waals surface area contributed by atoms with Crippen molar-refractivity contribution >= 4 is 0 Å². The van der Waals surface area contributed by atoms with Gasteiger partial charge in [-0.3, -0.25) is 6.58 Å². The maximum absolute atomic E-state index is 5.90. The van der Waals surface area contributed by atoms with E-state index in [1.165, 1.54) is 17.6 Å². The molecular formula is C13H19Lr-. The van der Waals surface area contributed by atoms with Crippen molar-refractivity contribution in [1.82, 2.24) is 0 Å². The largest absolute Gasteiger partial charge is 0.289 e. The molecule has 0 nitrogen and oxygen atoms in total. The van der Waals surface area contributed by atoms with Gasteiger partial charge in [0, 0.05) is 0 Å². The van der Waals surface area contributed by atoms with Crippen LogP contribution in [0.4, 0.5) is 0 Å². The van der Waals surface area contributed by atoms with Gasteiger partial charge in [-0.05, 0) is 12.8 Å². The summed E-state index contributed by atoms with van der Waals surface area (Å²) >= 11 is 0. The first kappa shape index (κ1) is 12.2. The van der Waals surface area contributed by atoms with E-state index in [-0.39, 0.29) is 0 Å². The SMILES string of the molecule is [CH-]=C1CCC/C1=C/C(=C\C)C(C)C.[Lr]. The van der Waals surface area contributed by atoms with Gasteiger partial charge in [0.1, 0.15) is 0 Å². The van der Waals surface area contributed by atoms with Crippen molar-refractivity contribution in [2.45, 2.75) is 40.0 Å². The molecule has 0 saturated heterocycles. The average Bonchev–Trinajstić information content (AvgIpc) is 2.46. The van der Waals surface area contributed by atoms with Crippen LogP contribution in [0.2, 0.25) is 0 Å². The Bertz CT molecular complexity index is 256. The fourth-order valence-corrected chi connectivity index (χ4v) is 1.74. The molecular weight excluding hydrogens is 418 g/mol. The van der Waals surface area contributed by atoms with Crippen LogP contribution in [0.5, 0.6) is 0 Å². The van der Waals surface area contributed by atoms with Crippen LogP contribution in [-0.4, -0.2) is 0 Å². The van der Waals surface area contributed by atoms with Crippen LogP contribution in [0.25, 0.3) is 0 Å². The molecule has 0 aromatic carbocycles. The molecule has 0 atom stereocenters. The molecule has 1 saturated carbocycles. The predicted octanol–water partition coefficient (Wildman–Crippen LogP) is 4.06. The zero-order valence-electron chi connectivity index (χ0n) is 9.19. The van der Waals surface area contributed by atoms with Crippen molar-refractivity contribution in [2.75, 3.05) is 0 Å². The molecule has 14 heavy (non-hydrogen) atoms. The summed E-state index contributed by atoms with van der Waals surface area (Å²) in [5.74, 6) is 0.603. The third kappa shape index (κ3) is 2.62. The predicted molar refractivity (Wildman–Crippen MR) is 58.3 cm³/mol. The Morgan fingerprint density at radius 2 is 2.00 bits per heavy atom. The number of allylic oxidation sites excluding steroid dienone is 5. The first-order chi connectivity index (χ1) is 6.15. The molecule has 0 aromatic heterocycles. The van der Waals surface area contributed by atoms with Crippen LogP contribution in [0, 0.1) is 12.5 Å². The Kier molecular flexibility index (Phi) is 4.42. The summed E-state index contributed by atoms with van der Waals surface area (Å²) in [6.45, 7) is 12.4. The molecule has 1 aliphatic carbocycles. The summed E-state index contributed by atoms with van der Waals surface area (Å²) in [6.07, 6.45) is 7.93. The van der Waals surface area contributed by atoms with E-state index in [0.717, 1.165) is 18.4 Å². The topological polar surface area (TPSA) is 0 Å². The summed E-state index contributed by atoms with van der Waals surface area (Å²) in [7, 11) is 0. The molecule has 0 bridgehead atoms. The molecule has 0 aromatic rings. The van der Waals surface area contributed by atoms with E-state index in [9.17, 15) is 0 Å². The van der Waals surface area contributed by atoms with Crippen LogP contribution in [0.3, 0.4) is 0 Å². The molecule has 1 radical (unpaired) electrons. The summed E-state index contributed by atoms with van der Waals surface area (Å²) in [6, 6.07) is 0. The minimum atomic E-state index is 0. The molecule has 0 aliphatic heterocycles. The van der Waals surface area contributed by atoms with Gasteiger partial charge in [0.15, 0.2) is 0 Å². The summed E-state index contributed by atoms with van der Waals surface area (Å²) in [5.41, 5.74) is 3.86. The second kappa shape index (κ2) is 5.06. The normalized spacial score (nSPS) is 20.4. The second-order valence-corrected chi connectivity index (χ2v) is 3.99. The van der Waals surface area contributed by atoms with E-state index >= 15 is 0 Å². The van der Waals surface area contributed by atoms with Crippen LogP contribution in [-0.2, 0) is 0 Å². The van der Waals surface area contributed by atoms with Crippen LogP contribution < -0.4 is 0 Å². The van der Waals surface area contributed by atoms with Gasteiger partial charge in [0.05, 0.1) is 0 Å². The van der Waals surface area contributed by atoms with Gasteiger partial charge in [-0.1, -0.05) is 44.8 Å². The van der Waals surface area contributed by atoms with Crippen molar-refractivity contribution in [3.05, 3.63) is 35.5 Å². The zero-order chi connectivity index (χ0) is 9.84. The maximum atomic E-state index is 5.90. The summed E-state index contributed by atoms with van der Waals surface area (Å²) in [4.78, 5) is 0. The van der Waals surface area contributed by atoms with E-state index in [4.69, 9.17) is 6.58 Å². The van der Waals surface area contributed by atoms with Crippen molar-refractivity contribution in [1.29, 1.82) is 0 Å². The summed E-state index contributed by atoms with van der Waals surface area (Å²) < 4.78 is 0. The molecule has 0 unspecified atom stereocenters. The van der Waals surface area contributed by atoms with Gasteiger partial charge in [-0.25, -0.2) is 5.57 Å². The van der Waals surface area contributed by atoms with E-state index < -0.39 is 0 Å². The molecule has 0 heterocycles. The van der Waals surface area contributed by atoms with E-state index in [2.05, 4.69) is 32.9 Å². The Balaban J connectivity index is 0.00000169. The van der Waals surface area contributed by atoms with Gasteiger partial charge in [-0.15, -0.1) is 6.08 Å². The standard InChI is InChI=1S/C13H19.Lr/c1-5-12(10(2)3)9-13-8-6-7-11(13)4;/h4-5,9-10H,6-8H2,1-3H3;/q-1;/b12-5+,13-9-;. The van der Waals surface area contributed by atoms with Crippen molar-refractivity contribution in [2.24, 2.45) is 5.92 Å². The smallest absolute Gasteiger partial charge is 0 e. The fraction of sp³-hybridized carbons (Fsp3) is 0.538. The van der Waals surface area contributed by atoms with E-state index in [1.54, 1.807) is 0 Å². The number of hydrogen-bond donors (Lipinski definition) is 0. The average molecular weight is 437 g/mol. The monoisotopic (exact) mass is 437 g/mol. The molecule has 1 heteroatoms. The molecule has 0 amide bonds. The Morgan fingerprint density at radius 1 is 1.36 bits per heavy atom. The Hall–Kier alpha value is -1.78. The zero-order valence-corrected chi connectivity index (χ0v) is 11.3. The molecule has 1 aliphatic rings. The van der Waals surface area contributed by atoms with Crippen LogP contribution in [0.1, 0.15) is 40.0 Å². The number of rotatable bonds is 2. The second-order valence-electron chi connectivity index (χ2n) is 3.99. The quantitative estimate of drug-likeness (QED) is 0.572. The van der Waals surface area contributed by atoms with Gasteiger partial charge in [0.25, 0.3) is 0 Å². The van der Waals surface area contributed by atoms with Crippen molar-refractivity contribution in [3.8, 4) is 0 Å². The minimum absolute atomic E-state index is 0. The Labute approximate surface area is 82.0 Å². The number of hydrogen-bond acceptors (Lipinski definition) is 0. The first-order valence-corrected chi connectivity index (χ1v) is 5.13. The van der Waals surface area contributed by atoms with Crippen molar-refractivity contribution in [3.63, 3.8) is 0 Å². The van der Waals surface area contributed by atoms with Gasteiger partial charge < -0.3 is 0 Å². The molecule has 0 spiro atoms. The molecule has 87 valence electrons. The van der Waals surface area contributed by atoms with Crippen LogP contribution in [0.15, 0.2) is 28.9 Å². The van der Waals surface area contributed by atoms with Gasteiger partial charge in [0.2, 0.25) is 0 Å². The summed E-state index contributed by atoms with van der Waals surface area (Å²) in [5, 5.41) is 0. The minimum Gasteiger partial charge on any atom is -0.289 e. The van der Waals surface area contributed by atoms with Gasteiger partial charge in [-0.2, -0.15) is 5.57 Å². The van der Waals surface area contributed by atoms with Gasteiger partial charge >= 0.3 is 0 Å². The first-order valence-electron chi connectivity index (χ1n) is 5.13. The molecule has 1 fully saturated rings. The van der Waals surface area contributed by atoms with Crippen LogP contribution >= 0.6 is 0 Å². The van der Waals surface area contributed by atoms with Crippen molar-refractivity contribution < 1.29 is 0 Å².